The number of para-hydroxylation sites is 1. The number of halogens is 2. The van der Waals surface area contributed by atoms with Crippen LogP contribution in [0.1, 0.15) is 31.1 Å². The highest BCUT2D eigenvalue weighted by atomic mass is 127. The summed E-state index contributed by atoms with van der Waals surface area (Å²) in [5.74, 6) is 0.747. The highest BCUT2D eigenvalue weighted by Crippen LogP contribution is 2.35. The Labute approximate surface area is 202 Å². The lowest BCUT2D eigenvalue weighted by Crippen LogP contribution is -2.39. The second-order valence-corrected chi connectivity index (χ2v) is 8.67. The number of hydrogen-bond donors (Lipinski definition) is 0. The Kier molecular flexibility index (Phi) is 9.80. The Balaban J connectivity index is 0.00000320. The predicted molar refractivity (Wildman–Crippen MR) is 137 cm³/mol. The molecule has 0 bridgehead atoms. The van der Waals surface area contributed by atoms with Gasteiger partial charge >= 0.3 is 0 Å². The van der Waals surface area contributed by atoms with Crippen molar-refractivity contribution in [3.63, 3.8) is 0 Å². The maximum Gasteiger partial charge on any atom is 0.261 e. The summed E-state index contributed by atoms with van der Waals surface area (Å²) in [5.41, 5.74) is 1.52. The molecule has 1 amide bonds. The van der Waals surface area contributed by atoms with Gasteiger partial charge in [-0.2, -0.15) is 0 Å². The Morgan fingerprint density at radius 1 is 1.07 bits per heavy atom. The second kappa shape index (κ2) is 11.8. The molecular formula is C22H27ClIN3O2S. The largest absolute Gasteiger partial charge is 0.492 e. The molecule has 0 aliphatic rings. The Hall–Kier alpha value is -1.42. The first-order valence-electron chi connectivity index (χ1n) is 9.90. The zero-order valence-electron chi connectivity index (χ0n) is 17.4. The highest BCUT2D eigenvalue weighted by Gasteiger charge is 2.24. The number of nitrogens with zero attached hydrogens (tertiary/aromatic N) is 3. The number of ether oxygens (including phenoxy) is 1. The number of fused-ring (bicyclic) bond motifs is 1. The summed E-state index contributed by atoms with van der Waals surface area (Å²) >= 11 is 3.75. The first kappa shape index (κ1) is 24.8. The van der Waals surface area contributed by atoms with Gasteiger partial charge < -0.3 is 9.64 Å². The summed E-state index contributed by atoms with van der Waals surface area (Å²) in [5, 5.41) is 0.712. The van der Waals surface area contributed by atoms with Crippen molar-refractivity contribution in [2.75, 3.05) is 37.7 Å². The molecule has 0 radical (unpaired) electrons. The van der Waals surface area contributed by atoms with Crippen molar-refractivity contribution in [2.24, 2.45) is 0 Å². The van der Waals surface area contributed by atoms with Crippen LogP contribution in [0.15, 0.2) is 42.5 Å². The highest BCUT2D eigenvalue weighted by molar-refractivity contribution is 14.1. The summed E-state index contributed by atoms with van der Waals surface area (Å²) in [6, 6.07) is 13.6. The number of aromatic nitrogens is 1. The van der Waals surface area contributed by atoms with Gasteiger partial charge in [0.15, 0.2) is 5.13 Å². The Bertz CT molecular complexity index is 978. The third-order valence-electron chi connectivity index (χ3n) is 4.79. The van der Waals surface area contributed by atoms with E-state index in [9.17, 15) is 4.79 Å². The minimum absolute atomic E-state index is 0. The number of anilines is 1. The molecule has 162 valence electrons. The number of thiazole rings is 1. The third kappa shape index (κ3) is 5.63. The van der Waals surface area contributed by atoms with Gasteiger partial charge in [-0.3, -0.25) is 9.69 Å². The lowest BCUT2D eigenvalue weighted by molar-refractivity contribution is 0.0983. The van der Waals surface area contributed by atoms with E-state index >= 15 is 0 Å². The molecule has 3 rings (SSSR count). The molecule has 8 heteroatoms. The van der Waals surface area contributed by atoms with E-state index in [4.69, 9.17) is 9.72 Å². The van der Waals surface area contributed by atoms with Gasteiger partial charge in [0.05, 0.1) is 16.9 Å². The molecule has 0 atom stereocenters. The molecule has 0 spiro atoms. The summed E-state index contributed by atoms with van der Waals surface area (Å²) in [7, 11) is 0. The van der Waals surface area contributed by atoms with Crippen molar-refractivity contribution in [2.45, 2.75) is 20.8 Å². The van der Waals surface area contributed by atoms with Gasteiger partial charge in [-0.25, -0.2) is 4.98 Å². The van der Waals surface area contributed by atoms with Crippen molar-refractivity contribution in [3.8, 4) is 5.75 Å². The van der Waals surface area contributed by atoms with Crippen LogP contribution in [-0.4, -0.2) is 48.6 Å². The van der Waals surface area contributed by atoms with Gasteiger partial charge in [0.1, 0.15) is 11.3 Å². The van der Waals surface area contributed by atoms with E-state index in [2.05, 4.69) is 41.3 Å². The number of rotatable bonds is 9. The van der Waals surface area contributed by atoms with Crippen molar-refractivity contribution in [1.82, 2.24) is 9.88 Å². The van der Waals surface area contributed by atoms with E-state index in [1.165, 1.54) is 11.3 Å². The lowest BCUT2D eigenvalue weighted by Gasteiger charge is -2.25. The molecule has 0 saturated heterocycles. The zero-order valence-corrected chi connectivity index (χ0v) is 21.2. The fourth-order valence-corrected chi connectivity index (χ4v) is 4.77. The van der Waals surface area contributed by atoms with Crippen LogP contribution in [-0.2, 0) is 0 Å². The molecule has 2 aromatic carbocycles. The van der Waals surface area contributed by atoms with Crippen LogP contribution in [0.4, 0.5) is 5.13 Å². The maximum absolute atomic E-state index is 13.5. The smallest absolute Gasteiger partial charge is 0.261 e. The number of hydrogen-bond acceptors (Lipinski definition) is 5. The predicted octanol–water partition coefficient (Wildman–Crippen LogP) is 5.71. The second-order valence-electron chi connectivity index (χ2n) is 6.50. The number of amides is 1. The van der Waals surface area contributed by atoms with E-state index in [1.807, 2.05) is 54.3 Å². The average Bonchev–Trinajstić information content (AvgIpc) is 3.16. The van der Waals surface area contributed by atoms with Crippen LogP contribution < -0.4 is 9.64 Å². The SMILES string of the molecule is CCOc1cccc2sc(N(CCN(CC)CC)C(=O)c3ccccc3I)nc12.Cl. The van der Waals surface area contributed by atoms with E-state index in [0.717, 1.165) is 39.2 Å². The minimum Gasteiger partial charge on any atom is -0.492 e. The summed E-state index contributed by atoms with van der Waals surface area (Å²) in [6.45, 7) is 10.1. The van der Waals surface area contributed by atoms with Crippen LogP contribution in [0.2, 0.25) is 0 Å². The minimum atomic E-state index is -0.0147. The van der Waals surface area contributed by atoms with Crippen molar-refractivity contribution >= 4 is 67.6 Å². The van der Waals surface area contributed by atoms with Gasteiger partial charge in [-0.05, 0) is 66.9 Å². The first-order valence-corrected chi connectivity index (χ1v) is 11.8. The number of likely N-dealkylation sites (N-methyl/N-ethyl adjacent to an activating group) is 1. The number of carbonyl (C=O) groups is 1. The summed E-state index contributed by atoms with van der Waals surface area (Å²) < 4.78 is 7.71. The molecule has 0 aliphatic heterocycles. The molecule has 1 heterocycles. The molecule has 1 aromatic heterocycles. The normalized spacial score (nSPS) is 10.8. The van der Waals surface area contributed by atoms with Crippen LogP contribution in [0.5, 0.6) is 5.75 Å². The van der Waals surface area contributed by atoms with Gasteiger partial charge in [0.25, 0.3) is 5.91 Å². The fourth-order valence-electron chi connectivity index (χ4n) is 3.14. The third-order valence-corrected chi connectivity index (χ3v) is 6.77. The topological polar surface area (TPSA) is 45.7 Å². The molecule has 5 nitrogen and oxygen atoms in total. The van der Waals surface area contributed by atoms with Gasteiger partial charge in [-0.1, -0.05) is 43.4 Å². The van der Waals surface area contributed by atoms with E-state index in [1.54, 1.807) is 0 Å². The molecule has 0 saturated carbocycles. The van der Waals surface area contributed by atoms with Crippen molar-refractivity contribution in [3.05, 3.63) is 51.6 Å². The molecular weight excluding hydrogens is 533 g/mol. The molecule has 0 N–H and O–H groups in total. The zero-order chi connectivity index (χ0) is 20.8. The van der Waals surface area contributed by atoms with E-state index in [0.29, 0.717) is 23.8 Å². The Morgan fingerprint density at radius 2 is 1.80 bits per heavy atom. The average molecular weight is 560 g/mol. The van der Waals surface area contributed by atoms with Gasteiger partial charge in [-0.15, -0.1) is 12.4 Å². The number of benzene rings is 2. The monoisotopic (exact) mass is 559 g/mol. The van der Waals surface area contributed by atoms with E-state index < -0.39 is 0 Å². The Morgan fingerprint density at radius 3 is 2.47 bits per heavy atom. The van der Waals surface area contributed by atoms with Gasteiger partial charge in [0, 0.05) is 16.7 Å². The summed E-state index contributed by atoms with van der Waals surface area (Å²) in [6.07, 6.45) is 0. The van der Waals surface area contributed by atoms with Crippen molar-refractivity contribution in [1.29, 1.82) is 0 Å². The maximum atomic E-state index is 13.5. The van der Waals surface area contributed by atoms with Crippen molar-refractivity contribution < 1.29 is 9.53 Å². The molecule has 30 heavy (non-hydrogen) atoms. The van der Waals surface area contributed by atoms with E-state index in [-0.39, 0.29) is 18.3 Å². The van der Waals surface area contributed by atoms with Crippen LogP contribution in [0.25, 0.3) is 10.2 Å². The molecule has 0 aliphatic carbocycles. The van der Waals surface area contributed by atoms with Crippen LogP contribution in [0, 0.1) is 3.57 Å². The standard InChI is InChI=1S/C22H26IN3O2S.ClH/c1-4-25(5-2)14-15-26(21(27)16-10-7-8-11-17(16)23)22-24-20-18(28-6-3)12-9-13-19(20)29-22;/h7-13H,4-6,14-15H2,1-3H3;1H. The molecule has 0 fully saturated rings. The summed E-state index contributed by atoms with van der Waals surface area (Å²) in [4.78, 5) is 22.4. The molecule has 3 aromatic rings. The lowest BCUT2D eigenvalue weighted by atomic mass is 10.2. The fraction of sp³-hybridized carbons (Fsp3) is 0.364. The number of carbonyl (C=O) groups excluding carboxylic acids is 1. The van der Waals surface area contributed by atoms with Crippen LogP contribution in [0.3, 0.4) is 0 Å². The first-order chi connectivity index (χ1) is 14.1. The quantitative estimate of drug-likeness (QED) is 0.315. The molecule has 0 unspecified atom stereocenters. The van der Waals surface area contributed by atoms with Gasteiger partial charge in [0.2, 0.25) is 0 Å². The van der Waals surface area contributed by atoms with Crippen LogP contribution >= 0.6 is 46.3 Å².